The Hall–Kier alpha value is -1.61. The first-order chi connectivity index (χ1) is 10.6. The summed E-state index contributed by atoms with van der Waals surface area (Å²) in [5.74, 6) is 2.33. The van der Waals surface area contributed by atoms with E-state index in [1.807, 2.05) is 23.9 Å². The molecule has 1 aliphatic heterocycles. The normalized spacial score (nSPS) is 24.8. The van der Waals surface area contributed by atoms with E-state index in [0.717, 1.165) is 11.5 Å². The third-order valence-corrected chi connectivity index (χ3v) is 6.90. The lowest BCUT2D eigenvalue weighted by molar-refractivity contribution is 0.383. The Balaban J connectivity index is 1.81. The minimum atomic E-state index is 0.133. The fourth-order valence-electron chi connectivity index (χ4n) is 3.95. The van der Waals surface area contributed by atoms with Crippen LogP contribution < -0.4 is 4.74 Å². The molecule has 0 saturated heterocycles. The summed E-state index contributed by atoms with van der Waals surface area (Å²) in [4.78, 5) is 1.25. The zero-order chi connectivity index (χ0) is 15.4. The van der Waals surface area contributed by atoms with Crippen molar-refractivity contribution in [1.29, 1.82) is 0 Å². The quantitative estimate of drug-likeness (QED) is 0.885. The van der Waals surface area contributed by atoms with Crippen LogP contribution in [0.4, 0.5) is 0 Å². The molecule has 0 radical (unpaired) electrons. The maximum atomic E-state index is 9.76. The van der Waals surface area contributed by atoms with Crippen LogP contribution in [0, 0.1) is 0 Å². The number of methoxy groups -OCH3 is 1. The SMILES string of the molecule is COc1ccc([C@@]2(C)CSc3cc(O)ccc3C23CC3)cc1. The predicted molar refractivity (Wildman–Crippen MR) is 90.1 cm³/mol. The lowest BCUT2D eigenvalue weighted by Crippen LogP contribution is -2.42. The van der Waals surface area contributed by atoms with Crippen LogP contribution in [0.25, 0.3) is 0 Å². The molecule has 1 saturated carbocycles. The molecule has 1 fully saturated rings. The maximum Gasteiger partial charge on any atom is 0.118 e. The van der Waals surface area contributed by atoms with Crippen molar-refractivity contribution in [3.05, 3.63) is 53.6 Å². The Morgan fingerprint density at radius 2 is 1.82 bits per heavy atom. The van der Waals surface area contributed by atoms with Crippen molar-refractivity contribution in [2.45, 2.75) is 35.5 Å². The van der Waals surface area contributed by atoms with Crippen LogP contribution in [-0.2, 0) is 10.8 Å². The largest absolute Gasteiger partial charge is 0.508 e. The first-order valence-corrected chi connectivity index (χ1v) is 8.68. The summed E-state index contributed by atoms with van der Waals surface area (Å²) in [6.45, 7) is 2.39. The Morgan fingerprint density at radius 3 is 2.45 bits per heavy atom. The van der Waals surface area contributed by atoms with Gasteiger partial charge in [0.2, 0.25) is 0 Å². The van der Waals surface area contributed by atoms with Gasteiger partial charge in [0, 0.05) is 21.5 Å². The van der Waals surface area contributed by atoms with E-state index in [0.29, 0.717) is 5.75 Å². The average Bonchev–Trinajstić information content (AvgIpc) is 3.33. The van der Waals surface area contributed by atoms with Gasteiger partial charge in [0.15, 0.2) is 0 Å². The third-order valence-electron chi connectivity index (χ3n) is 5.53. The van der Waals surface area contributed by atoms with Crippen LogP contribution in [0.5, 0.6) is 11.5 Å². The summed E-state index contributed by atoms with van der Waals surface area (Å²) in [7, 11) is 1.71. The van der Waals surface area contributed by atoms with Crippen LogP contribution >= 0.6 is 11.8 Å². The van der Waals surface area contributed by atoms with Crippen molar-refractivity contribution in [2.24, 2.45) is 0 Å². The monoisotopic (exact) mass is 312 g/mol. The van der Waals surface area contributed by atoms with Crippen LogP contribution in [0.2, 0.25) is 0 Å². The van der Waals surface area contributed by atoms with Crippen molar-refractivity contribution in [2.75, 3.05) is 12.9 Å². The zero-order valence-electron chi connectivity index (χ0n) is 12.9. The Bertz CT molecular complexity index is 719. The number of ether oxygens (including phenoxy) is 1. The number of rotatable bonds is 2. The van der Waals surface area contributed by atoms with Gasteiger partial charge in [-0.05, 0) is 48.2 Å². The molecule has 0 amide bonds. The highest BCUT2D eigenvalue weighted by molar-refractivity contribution is 7.99. The summed E-state index contributed by atoms with van der Waals surface area (Å²) in [6.07, 6.45) is 2.46. The van der Waals surface area contributed by atoms with E-state index in [-0.39, 0.29) is 10.8 Å². The summed E-state index contributed by atoms with van der Waals surface area (Å²) >= 11 is 1.87. The van der Waals surface area contributed by atoms with Gasteiger partial charge in [-0.2, -0.15) is 0 Å². The van der Waals surface area contributed by atoms with Crippen molar-refractivity contribution in [1.82, 2.24) is 0 Å². The fraction of sp³-hybridized carbons (Fsp3) is 0.368. The Labute approximate surface area is 135 Å². The van der Waals surface area contributed by atoms with E-state index in [1.54, 1.807) is 7.11 Å². The number of phenolic OH excluding ortho intramolecular Hbond substituents is 1. The van der Waals surface area contributed by atoms with Gasteiger partial charge in [0.25, 0.3) is 0 Å². The van der Waals surface area contributed by atoms with Crippen LogP contribution in [0.15, 0.2) is 47.4 Å². The number of hydrogen-bond acceptors (Lipinski definition) is 3. The van der Waals surface area contributed by atoms with Gasteiger partial charge in [-0.1, -0.05) is 25.1 Å². The summed E-state index contributed by atoms with van der Waals surface area (Å²) in [5.41, 5.74) is 3.17. The summed E-state index contributed by atoms with van der Waals surface area (Å²) in [6, 6.07) is 14.4. The van der Waals surface area contributed by atoms with E-state index < -0.39 is 0 Å². The minimum Gasteiger partial charge on any atom is -0.508 e. The lowest BCUT2D eigenvalue weighted by Gasteiger charge is -2.43. The van der Waals surface area contributed by atoms with Gasteiger partial charge in [-0.25, -0.2) is 0 Å². The zero-order valence-corrected chi connectivity index (χ0v) is 13.7. The van der Waals surface area contributed by atoms with Crippen molar-refractivity contribution < 1.29 is 9.84 Å². The molecule has 22 heavy (non-hydrogen) atoms. The van der Waals surface area contributed by atoms with Gasteiger partial charge < -0.3 is 9.84 Å². The molecule has 1 spiro atoms. The first-order valence-electron chi connectivity index (χ1n) is 7.70. The topological polar surface area (TPSA) is 29.5 Å². The molecule has 3 heteroatoms. The molecule has 0 unspecified atom stereocenters. The van der Waals surface area contributed by atoms with Gasteiger partial charge in [0.05, 0.1) is 7.11 Å². The van der Waals surface area contributed by atoms with Crippen LogP contribution in [0.3, 0.4) is 0 Å². The average molecular weight is 312 g/mol. The van der Waals surface area contributed by atoms with Crippen molar-refractivity contribution in [3.63, 3.8) is 0 Å². The molecular weight excluding hydrogens is 292 g/mol. The fourth-order valence-corrected chi connectivity index (χ4v) is 5.46. The standard InChI is InChI=1S/C19H20O2S/c1-18(13-3-6-15(21-2)7-4-13)12-22-17-11-14(20)5-8-16(17)19(18)9-10-19/h3-8,11,20H,9-10,12H2,1-2H3/t18-/m1/s1. The van der Waals surface area contributed by atoms with E-state index in [4.69, 9.17) is 4.74 Å². The molecule has 2 aromatic rings. The first kappa shape index (κ1) is 14.0. The van der Waals surface area contributed by atoms with Gasteiger partial charge in [-0.15, -0.1) is 11.8 Å². The molecule has 2 aliphatic rings. The number of benzene rings is 2. The third kappa shape index (κ3) is 1.81. The van der Waals surface area contributed by atoms with Crippen molar-refractivity contribution in [3.8, 4) is 11.5 Å². The molecule has 2 aromatic carbocycles. The number of phenols is 1. The van der Waals surface area contributed by atoms with E-state index in [1.165, 1.54) is 28.9 Å². The minimum absolute atomic E-state index is 0.133. The highest BCUT2D eigenvalue weighted by Crippen LogP contribution is 2.66. The summed E-state index contributed by atoms with van der Waals surface area (Å²) in [5, 5.41) is 9.76. The van der Waals surface area contributed by atoms with Crippen molar-refractivity contribution >= 4 is 11.8 Å². The van der Waals surface area contributed by atoms with Gasteiger partial charge in [-0.3, -0.25) is 0 Å². The molecule has 1 N–H and O–H groups in total. The molecule has 0 bridgehead atoms. The Kier molecular flexibility index (Phi) is 2.99. The predicted octanol–water partition coefficient (Wildman–Crippen LogP) is 4.50. The second kappa shape index (κ2) is 4.69. The van der Waals surface area contributed by atoms with Crippen LogP contribution in [-0.4, -0.2) is 18.0 Å². The number of aromatic hydroxyl groups is 1. The highest BCUT2D eigenvalue weighted by Gasteiger charge is 2.60. The molecule has 0 aromatic heterocycles. The summed E-state index contributed by atoms with van der Waals surface area (Å²) < 4.78 is 5.29. The van der Waals surface area contributed by atoms with Crippen LogP contribution in [0.1, 0.15) is 30.9 Å². The smallest absolute Gasteiger partial charge is 0.118 e. The second-order valence-electron chi connectivity index (χ2n) is 6.61. The second-order valence-corrected chi connectivity index (χ2v) is 7.63. The number of thioether (sulfide) groups is 1. The molecule has 4 rings (SSSR count). The lowest BCUT2D eigenvalue weighted by atomic mass is 9.67. The van der Waals surface area contributed by atoms with E-state index in [2.05, 4.69) is 37.3 Å². The Morgan fingerprint density at radius 1 is 1.09 bits per heavy atom. The molecular formula is C19H20O2S. The molecule has 1 aliphatic carbocycles. The molecule has 114 valence electrons. The number of hydrogen-bond donors (Lipinski definition) is 1. The van der Waals surface area contributed by atoms with E-state index in [9.17, 15) is 5.11 Å². The maximum absolute atomic E-state index is 9.76. The van der Waals surface area contributed by atoms with E-state index >= 15 is 0 Å². The molecule has 1 heterocycles. The number of fused-ring (bicyclic) bond motifs is 2. The highest BCUT2D eigenvalue weighted by atomic mass is 32.2. The molecule has 2 nitrogen and oxygen atoms in total. The van der Waals surface area contributed by atoms with Gasteiger partial charge >= 0.3 is 0 Å². The molecule has 1 atom stereocenters. The van der Waals surface area contributed by atoms with Gasteiger partial charge in [0.1, 0.15) is 11.5 Å².